The van der Waals surface area contributed by atoms with Gasteiger partial charge in [-0.05, 0) is 64.2 Å². The second-order valence-electron chi connectivity index (χ2n) is 4.41. The molecular weight excluding hydrogens is 345 g/mol. The van der Waals surface area contributed by atoms with Gasteiger partial charge in [-0.1, -0.05) is 24.6 Å². The summed E-state index contributed by atoms with van der Waals surface area (Å²) in [5, 5.41) is 0.491. The van der Waals surface area contributed by atoms with Gasteiger partial charge >= 0.3 is 0 Å². The third-order valence-corrected chi connectivity index (χ3v) is 4.19. The summed E-state index contributed by atoms with van der Waals surface area (Å²) in [6.07, 6.45) is 2.67. The maximum Gasteiger partial charge on any atom is 0.101 e. The molecule has 0 spiro atoms. The third kappa shape index (κ3) is 3.31. The fourth-order valence-corrected chi connectivity index (χ4v) is 3.17. The Morgan fingerprint density at radius 3 is 2.68 bits per heavy atom. The van der Waals surface area contributed by atoms with E-state index in [4.69, 9.17) is 23.2 Å². The number of halogens is 3. The topological polar surface area (TPSA) is 12.9 Å². The Bertz CT molecular complexity index is 599. The van der Waals surface area contributed by atoms with Crippen molar-refractivity contribution in [3.8, 4) is 0 Å². The van der Waals surface area contributed by atoms with E-state index in [2.05, 4.69) is 27.8 Å². The highest BCUT2D eigenvalue weighted by Crippen LogP contribution is 2.33. The largest absolute Gasteiger partial charge is 0.258 e. The molecule has 2 rings (SSSR count). The lowest BCUT2D eigenvalue weighted by molar-refractivity contribution is 0.972. The SMILES string of the molecule is CCc1cc(Cl)ccc1C(Cl)c1ncc(Br)cc1C. The number of pyridine rings is 1. The van der Waals surface area contributed by atoms with Crippen LogP contribution in [0.2, 0.25) is 5.02 Å². The monoisotopic (exact) mass is 357 g/mol. The number of aromatic nitrogens is 1. The van der Waals surface area contributed by atoms with E-state index in [1.165, 1.54) is 0 Å². The maximum absolute atomic E-state index is 6.60. The molecule has 0 aliphatic carbocycles. The highest BCUT2D eigenvalue weighted by atomic mass is 79.9. The van der Waals surface area contributed by atoms with Gasteiger partial charge in [0.05, 0.1) is 5.69 Å². The number of benzene rings is 1. The van der Waals surface area contributed by atoms with Crippen molar-refractivity contribution in [2.45, 2.75) is 25.6 Å². The van der Waals surface area contributed by atoms with Gasteiger partial charge in [-0.15, -0.1) is 11.6 Å². The van der Waals surface area contributed by atoms with E-state index in [0.717, 1.165) is 38.3 Å². The van der Waals surface area contributed by atoms with Crippen LogP contribution in [0.1, 0.15) is 34.7 Å². The molecule has 0 fully saturated rings. The highest BCUT2D eigenvalue weighted by Gasteiger charge is 2.18. The van der Waals surface area contributed by atoms with Crippen LogP contribution in [-0.4, -0.2) is 4.98 Å². The van der Waals surface area contributed by atoms with Gasteiger partial charge in [0.2, 0.25) is 0 Å². The van der Waals surface area contributed by atoms with Crippen molar-refractivity contribution in [2.24, 2.45) is 0 Å². The van der Waals surface area contributed by atoms with Crippen LogP contribution in [0.3, 0.4) is 0 Å². The van der Waals surface area contributed by atoms with Gasteiger partial charge in [0, 0.05) is 15.7 Å². The Labute approximate surface area is 132 Å². The Morgan fingerprint density at radius 1 is 1.32 bits per heavy atom. The number of hydrogen-bond donors (Lipinski definition) is 0. The number of aryl methyl sites for hydroxylation is 2. The molecule has 0 N–H and O–H groups in total. The molecule has 0 radical (unpaired) electrons. The predicted molar refractivity (Wildman–Crippen MR) is 85.2 cm³/mol. The van der Waals surface area contributed by atoms with Crippen LogP contribution in [-0.2, 0) is 6.42 Å². The van der Waals surface area contributed by atoms with E-state index in [1.807, 2.05) is 31.2 Å². The van der Waals surface area contributed by atoms with Crippen molar-refractivity contribution in [3.05, 3.63) is 62.3 Å². The van der Waals surface area contributed by atoms with Crippen LogP contribution >= 0.6 is 39.1 Å². The number of hydrogen-bond acceptors (Lipinski definition) is 1. The molecule has 0 saturated carbocycles. The van der Waals surface area contributed by atoms with Crippen LogP contribution < -0.4 is 0 Å². The smallest absolute Gasteiger partial charge is 0.101 e. The Morgan fingerprint density at radius 2 is 2.05 bits per heavy atom. The highest BCUT2D eigenvalue weighted by molar-refractivity contribution is 9.10. The zero-order valence-corrected chi connectivity index (χ0v) is 13.9. The van der Waals surface area contributed by atoms with Crippen LogP contribution in [0, 0.1) is 6.92 Å². The molecule has 0 aliphatic heterocycles. The van der Waals surface area contributed by atoms with E-state index in [1.54, 1.807) is 6.20 Å². The van der Waals surface area contributed by atoms with E-state index >= 15 is 0 Å². The van der Waals surface area contributed by atoms with Crippen molar-refractivity contribution < 1.29 is 0 Å². The molecule has 1 aromatic heterocycles. The molecule has 2 aromatic rings. The average Bonchev–Trinajstić information content (AvgIpc) is 2.37. The van der Waals surface area contributed by atoms with Gasteiger partial charge in [0.15, 0.2) is 0 Å². The Balaban J connectivity index is 2.46. The molecule has 0 bridgehead atoms. The van der Waals surface area contributed by atoms with Crippen LogP contribution in [0.25, 0.3) is 0 Å². The summed E-state index contributed by atoms with van der Waals surface area (Å²) in [7, 11) is 0. The lowest BCUT2D eigenvalue weighted by atomic mass is 9.98. The first-order valence-corrected chi connectivity index (χ1v) is 7.68. The molecule has 1 atom stereocenters. The van der Waals surface area contributed by atoms with Gasteiger partial charge in [0.1, 0.15) is 5.38 Å². The maximum atomic E-state index is 6.60. The van der Waals surface area contributed by atoms with Crippen LogP contribution in [0.15, 0.2) is 34.9 Å². The second kappa shape index (κ2) is 6.25. The zero-order chi connectivity index (χ0) is 14.0. The Kier molecular flexibility index (Phi) is 4.88. The molecule has 0 saturated heterocycles. The van der Waals surface area contributed by atoms with Crippen molar-refractivity contribution in [1.82, 2.24) is 4.98 Å². The zero-order valence-electron chi connectivity index (χ0n) is 10.8. The normalized spacial score (nSPS) is 12.5. The average molecular weight is 359 g/mol. The molecule has 1 heterocycles. The molecule has 0 aliphatic rings. The van der Waals surface area contributed by atoms with Crippen LogP contribution in [0.5, 0.6) is 0 Å². The van der Waals surface area contributed by atoms with Crippen LogP contribution in [0.4, 0.5) is 0 Å². The van der Waals surface area contributed by atoms with Gasteiger partial charge < -0.3 is 0 Å². The molecule has 1 aromatic carbocycles. The van der Waals surface area contributed by atoms with E-state index in [0.29, 0.717) is 0 Å². The molecule has 1 unspecified atom stereocenters. The number of nitrogens with zero attached hydrogens (tertiary/aromatic N) is 1. The first-order chi connectivity index (χ1) is 9.02. The van der Waals surface area contributed by atoms with Gasteiger partial charge in [0.25, 0.3) is 0 Å². The van der Waals surface area contributed by atoms with Crippen molar-refractivity contribution in [2.75, 3.05) is 0 Å². The molecule has 4 heteroatoms. The first-order valence-electron chi connectivity index (χ1n) is 6.07. The number of alkyl halides is 1. The number of rotatable bonds is 3. The summed E-state index contributed by atoms with van der Waals surface area (Å²) in [4.78, 5) is 4.44. The van der Waals surface area contributed by atoms with Gasteiger partial charge in [-0.3, -0.25) is 4.98 Å². The summed E-state index contributed by atoms with van der Waals surface area (Å²) in [6.45, 7) is 4.12. The summed E-state index contributed by atoms with van der Waals surface area (Å²) in [5.41, 5.74) is 4.20. The minimum atomic E-state index is -0.250. The quantitative estimate of drug-likeness (QED) is 0.641. The van der Waals surface area contributed by atoms with Gasteiger partial charge in [-0.25, -0.2) is 0 Å². The minimum Gasteiger partial charge on any atom is -0.258 e. The second-order valence-corrected chi connectivity index (χ2v) is 6.20. The molecule has 0 amide bonds. The first kappa shape index (κ1) is 14.8. The third-order valence-electron chi connectivity index (χ3n) is 3.08. The summed E-state index contributed by atoms with van der Waals surface area (Å²) < 4.78 is 0.962. The summed E-state index contributed by atoms with van der Waals surface area (Å²) in [5.74, 6) is 0. The molecule has 100 valence electrons. The lowest BCUT2D eigenvalue weighted by Gasteiger charge is -2.16. The van der Waals surface area contributed by atoms with Crippen molar-refractivity contribution in [3.63, 3.8) is 0 Å². The molecular formula is C15H14BrCl2N. The molecule has 1 nitrogen and oxygen atoms in total. The Hall–Kier alpha value is -0.570. The predicted octanol–water partition coefficient (Wildman–Crippen LogP) is 5.70. The molecule has 19 heavy (non-hydrogen) atoms. The fourth-order valence-electron chi connectivity index (χ4n) is 2.09. The van der Waals surface area contributed by atoms with E-state index in [-0.39, 0.29) is 5.38 Å². The van der Waals surface area contributed by atoms with Crippen molar-refractivity contribution in [1.29, 1.82) is 0 Å². The van der Waals surface area contributed by atoms with Crippen molar-refractivity contribution >= 4 is 39.1 Å². The lowest BCUT2D eigenvalue weighted by Crippen LogP contribution is -2.03. The standard InChI is InChI=1S/C15H14BrCl2N/c1-3-10-7-12(17)4-5-13(10)14(18)15-9(2)6-11(16)8-19-15/h4-8,14H,3H2,1-2H3. The van der Waals surface area contributed by atoms with E-state index in [9.17, 15) is 0 Å². The fraction of sp³-hybridized carbons (Fsp3) is 0.267. The summed E-state index contributed by atoms with van der Waals surface area (Å²) >= 11 is 16.1. The minimum absolute atomic E-state index is 0.250. The summed E-state index contributed by atoms with van der Waals surface area (Å²) in [6, 6.07) is 7.86. The van der Waals surface area contributed by atoms with E-state index < -0.39 is 0 Å². The van der Waals surface area contributed by atoms with Gasteiger partial charge in [-0.2, -0.15) is 0 Å².